The van der Waals surface area contributed by atoms with Crippen molar-refractivity contribution in [2.75, 3.05) is 33.9 Å². The Morgan fingerprint density at radius 3 is 2.49 bits per heavy atom. The Morgan fingerprint density at radius 1 is 1.09 bits per heavy atom. The van der Waals surface area contributed by atoms with Crippen LogP contribution >= 0.6 is 0 Å². The fourth-order valence-electron chi connectivity index (χ4n) is 4.83. The lowest BCUT2D eigenvalue weighted by Crippen LogP contribution is -2.40. The number of aromatic nitrogens is 2. The zero-order valence-corrected chi connectivity index (χ0v) is 20.8. The number of ether oxygens (including phenoxy) is 2. The molecule has 0 spiro atoms. The van der Waals surface area contributed by atoms with Crippen molar-refractivity contribution in [2.24, 2.45) is 0 Å². The van der Waals surface area contributed by atoms with Crippen molar-refractivity contribution in [1.29, 1.82) is 0 Å². The molecule has 3 aromatic rings. The third kappa shape index (κ3) is 5.48. The van der Waals surface area contributed by atoms with Gasteiger partial charge in [-0.15, -0.1) is 0 Å². The van der Waals surface area contributed by atoms with E-state index in [2.05, 4.69) is 22.2 Å². The monoisotopic (exact) mass is 478 g/mol. The van der Waals surface area contributed by atoms with Gasteiger partial charge in [-0.3, -0.25) is 9.59 Å². The van der Waals surface area contributed by atoms with Gasteiger partial charge >= 0.3 is 0 Å². The van der Waals surface area contributed by atoms with Crippen molar-refractivity contribution in [1.82, 2.24) is 20.0 Å². The average Bonchev–Trinajstić information content (AvgIpc) is 2.91. The Kier molecular flexibility index (Phi) is 8.02. The molecule has 1 atom stereocenters. The summed E-state index contributed by atoms with van der Waals surface area (Å²) in [6, 6.07) is 12.8. The van der Waals surface area contributed by atoms with Crippen molar-refractivity contribution in [3.8, 4) is 17.2 Å². The molecule has 4 rings (SSSR count). The Labute approximate surface area is 205 Å². The molecule has 0 saturated carbocycles. The van der Waals surface area contributed by atoms with Gasteiger partial charge in [-0.2, -0.15) is 9.78 Å². The Hall–Kier alpha value is -3.39. The molecule has 0 bridgehead atoms. The van der Waals surface area contributed by atoms with Gasteiger partial charge in [0.1, 0.15) is 11.5 Å². The van der Waals surface area contributed by atoms with Crippen molar-refractivity contribution in [2.45, 2.75) is 45.1 Å². The molecule has 1 aromatic heterocycles. The number of amides is 1. The quantitative estimate of drug-likeness (QED) is 0.471. The summed E-state index contributed by atoms with van der Waals surface area (Å²) in [5.41, 5.74) is 0.358. The molecule has 8 heteroatoms. The van der Waals surface area contributed by atoms with Crippen LogP contribution in [-0.2, 0) is 0 Å². The number of nitrogens with one attached hydrogen (secondary N) is 1. The normalized spacial score (nSPS) is 16.3. The van der Waals surface area contributed by atoms with Gasteiger partial charge in [0.2, 0.25) is 0 Å². The second-order valence-electron chi connectivity index (χ2n) is 8.89. The smallest absolute Gasteiger partial charge is 0.279 e. The minimum Gasteiger partial charge on any atom is -0.497 e. The number of hydrogen-bond acceptors (Lipinski definition) is 6. The Bertz CT molecular complexity index is 1220. The number of carbonyl (C=O) groups is 1. The van der Waals surface area contributed by atoms with E-state index in [1.165, 1.54) is 30.4 Å². The Morgan fingerprint density at radius 2 is 1.80 bits per heavy atom. The molecule has 0 aliphatic carbocycles. The summed E-state index contributed by atoms with van der Waals surface area (Å²) >= 11 is 0. The van der Waals surface area contributed by atoms with Gasteiger partial charge in [-0.25, -0.2) is 0 Å². The van der Waals surface area contributed by atoms with Crippen LogP contribution in [0.2, 0.25) is 0 Å². The van der Waals surface area contributed by atoms with Gasteiger partial charge in [0.15, 0.2) is 5.69 Å². The van der Waals surface area contributed by atoms with Crippen LogP contribution in [0, 0.1) is 0 Å². The molecule has 2 aromatic carbocycles. The van der Waals surface area contributed by atoms with Crippen LogP contribution in [0.15, 0.2) is 47.3 Å². The number of carbonyl (C=O) groups excluding carboxylic acids is 1. The molecule has 8 nitrogen and oxygen atoms in total. The van der Waals surface area contributed by atoms with Crippen LogP contribution in [0.3, 0.4) is 0 Å². The summed E-state index contributed by atoms with van der Waals surface area (Å²) in [6.07, 6.45) is 5.84. The van der Waals surface area contributed by atoms with Crippen LogP contribution < -0.4 is 20.3 Å². The van der Waals surface area contributed by atoms with Crippen LogP contribution in [0.4, 0.5) is 0 Å². The van der Waals surface area contributed by atoms with Crippen molar-refractivity contribution < 1.29 is 14.3 Å². The maximum atomic E-state index is 13.3. The zero-order valence-electron chi connectivity index (χ0n) is 20.8. The van der Waals surface area contributed by atoms with Crippen LogP contribution in [0.1, 0.15) is 49.5 Å². The summed E-state index contributed by atoms with van der Waals surface area (Å²) in [6.45, 7) is 4.89. The lowest BCUT2D eigenvalue weighted by atomic mass is 10.00. The summed E-state index contributed by atoms with van der Waals surface area (Å²) < 4.78 is 11.9. The van der Waals surface area contributed by atoms with Gasteiger partial charge in [-0.1, -0.05) is 31.5 Å². The molecule has 1 amide bonds. The number of fused-ring (bicyclic) bond motifs is 1. The molecule has 0 radical (unpaired) electrons. The number of hydrogen-bond donors (Lipinski definition) is 1. The van der Waals surface area contributed by atoms with Crippen LogP contribution in [-0.4, -0.2) is 60.5 Å². The van der Waals surface area contributed by atoms with E-state index in [1.807, 2.05) is 0 Å². The van der Waals surface area contributed by atoms with E-state index in [0.29, 0.717) is 40.5 Å². The van der Waals surface area contributed by atoms with Gasteiger partial charge < -0.3 is 19.7 Å². The first-order valence-corrected chi connectivity index (χ1v) is 12.3. The third-order valence-electron chi connectivity index (χ3n) is 6.73. The molecule has 1 saturated heterocycles. The third-order valence-corrected chi connectivity index (χ3v) is 6.73. The molecular weight excluding hydrogens is 444 g/mol. The molecule has 0 unspecified atom stereocenters. The van der Waals surface area contributed by atoms with Crippen molar-refractivity contribution in [3.63, 3.8) is 0 Å². The average molecular weight is 479 g/mol. The topological polar surface area (TPSA) is 85.7 Å². The highest BCUT2D eigenvalue weighted by molar-refractivity contribution is 6.04. The largest absolute Gasteiger partial charge is 0.497 e. The number of likely N-dealkylation sites (tertiary alicyclic amines) is 1. The van der Waals surface area contributed by atoms with E-state index in [4.69, 9.17) is 9.47 Å². The molecule has 1 N–H and O–H groups in total. The summed E-state index contributed by atoms with van der Waals surface area (Å²) in [5, 5.41) is 8.46. The lowest BCUT2D eigenvalue weighted by Gasteiger charge is -2.35. The fraction of sp³-hybridized carbons (Fsp3) is 0.444. The second kappa shape index (κ2) is 11.4. The molecule has 186 valence electrons. The standard InChI is InChI=1S/C27H34N4O4/c1-4-19-10-7-8-14-30(19)15-9-13-28-26(32)25-23-11-5-6-12-24(23)27(33)31(29-25)20-16-21(34-2)18-22(17-20)35-3/h5-6,11-12,16-19H,4,7-10,13-15H2,1-3H3,(H,28,32)/t19-/m1/s1. The van der Waals surface area contributed by atoms with E-state index < -0.39 is 0 Å². The SMILES string of the molecule is CC[C@@H]1CCCCN1CCCNC(=O)c1nn(-c2cc(OC)cc(OC)c2)c(=O)c2ccccc12. The van der Waals surface area contributed by atoms with Crippen LogP contribution in [0.5, 0.6) is 11.5 Å². The number of nitrogens with zero attached hydrogens (tertiary/aromatic N) is 3. The predicted molar refractivity (Wildman–Crippen MR) is 137 cm³/mol. The number of rotatable bonds is 9. The maximum absolute atomic E-state index is 13.3. The van der Waals surface area contributed by atoms with E-state index >= 15 is 0 Å². The molecule has 1 aliphatic heterocycles. The fourth-order valence-corrected chi connectivity index (χ4v) is 4.83. The number of benzene rings is 2. The van der Waals surface area contributed by atoms with Crippen LogP contribution in [0.25, 0.3) is 16.5 Å². The van der Waals surface area contributed by atoms with Crippen molar-refractivity contribution in [3.05, 3.63) is 58.5 Å². The van der Waals surface area contributed by atoms with E-state index in [-0.39, 0.29) is 17.2 Å². The lowest BCUT2D eigenvalue weighted by molar-refractivity contribution is 0.0942. The zero-order chi connectivity index (χ0) is 24.8. The van der Waals surface area contributed by atoms with E-state index in [1.54, 1.807) is 56.7 Å². The molecule has 35 heavy (non-hydrogen) atoms. The van der Waals surface area contributed by atoms with E-state index in [9.17, 15) is 9.59 Å². The van der Waals surface area contributed by atoms with Crippen molar-refractivity contribution >= 4 is 16.7 Å². The highest BCUT2D eigenvalue weighted by Gasteiger charge is 2.21. The highest BCUT2D eigenvalue weighted by atomic mass is 16.5. The first-order valence-electron chi connectivity index (χ1n) is 12.3. The number of piperidine rings is 1. The maximum Gasteiger partial charge on any atom is 0.279 e. The summed E-state index contributed by atoms with van der Waals surface area (Å²) in [4.78, 5) is 29.0. The van der Waals surface area contributed by atoms with Gasteiger partial charge in [0.25, 0.3) is 11.5 Å². The summed E-state index contributed by atoms with van der Waals surface area (Å²) in [7, 11) is 3.08. The minimum absolute atomic E-state index is 0.214. The predicted octanol–water partition coefficient (Wildman–Crippen LogP) is 3.79. The Balaban J connectivity index is 1.58. The molecule has 1 fully saturated rings. The molecule has 2 heterocycles. The van der Waals surface area contributed by atoms with Gasteiger partial charge in [0.05, 0.1) is 25.3 Å². The second-order valence-corrected chi connectivity index (χ2v) is 8.89. The van der Waals surface area contributed by atoms with Gasteiger partial charge in [0, 0.05) is 42.7 Å². The van der Waals surface area contributed by atoms with Gasteiger partial charge in [-0.05, 0) is 38.3 Å². The number of methoxy groups -OCH3 is 2. The molecular formula is C27H34N4O4. The first kappa shape index (κ1) is 24.7. The van der Waals surface area contributed by atoms with E-state index in [0.717, 1.165) is 19.5 Å². The first-order chi connectivity index (χ1) is 17.0. The minimum atomic E-state index is -0.317. The summed E-state index contributed by atoms with van der Waals surface area (Å²) in [5.74, 6) is 0.751. The molecule has 1 aliphatic rings. The highest BCUT2D eigenvalue weighted by Crippen LogP contribution is 2.25.